The zero-order chi connectivity index (χ0) is 26.9. The Hall–Kier alpha value is -3.22. The standard InChI is InChI=1S/C21H25ClN2O5.C2HF3O2/c1-14(25)23-19-3-2-4-20(27)21(19)28-13-16(26)11-24-10-9-18(12-24)29-17-7-5-15(22)6-8-17;3-2(4,5)1(6)7/h2-8,16,18,26-27H,9-13H2,1H3,(H,23,25);(H,6,7). The molecule has 36 heavy (non-hydrogen) atoms. The number of amides is 1. The van der Waals surface area contributed by atoms with E-state index in [0.29, 0.717) is 23.8 Å². The van der Waals surface area contributed by atoms with Crippen LogP contribution in [-0.4, -0.2) is 76.7 Å². The van der Waals surface area contributed by atoms with Crippen molar-refractivity contribution in [1.82, 2.24) is 4.90 Å². The maximum atomic E-state index is 11.3. The topological polar surface area (TPSA) is 129 Å². The molecule has 1 aliphatic heterocycles. The van der Waals surface area contributed by atoms with Gasteiger partial charge in [-0.05, 0) is 42.8 Å². The Morgan fingerprint density at radius 1 is 1.22 bits per heavy atom. The first-order valence-electron chi connectivity index (χ1n) is 10.7. The molecule has 1 amide bonds. The first kappa shape index (κ1) is 29.0. The molecule has 2 aromatic carbocycles. The van der Waals surface area contributed by atoms with Gasteiger partial charge in [0.1, 0.15) is 24.6 Å². The number of nitrogens with one attached hydrogen (secondary N) is 1. The number of alkyl halides is 3. The van der Waals surface area contributed by atoms with Crippen molar-refractivity contribution in [2.24, 2.45) is 0 Å². The molecule has 2 aromatic rings. The molecule has 3 rings (SSSR count). The van der Waals surface area contributed by atoms with Crippen molar-refractivity contribution in [1.29, 1.82) is 0 Å². The molecule has 4 N–H and O–H groups in total. The molecule has 1 fully saturated rings. The number of likely N-dealkylation sites (tertiary alicyclic amines) is 1. The molecule has 0 spiro atoms. The Bertz CT molecular complexity index is 1020. The van der Waals surface area contributed by atoms with Gasteiger partial charge in [-0.2, -0.15) is 13.2 Å². The van der Waals surface area contributed by atoms with E-state index < -0.39 is 18.2 Å². The molecule has 9 nitrogen and oxygen atoms in total. The SMILES string of the molecule is CC(=O)Nc1cccc(O)c1OCC(O)CN1CCC(Oc2ccc(Cl)cc2)C1.O=C(O)C(F)(F)F. The number of aromatic hydroxyl groups is 1. The minimum Gasteiger partial charge on any atom is -0.504 e. The maximum absolute atomic E-state index is 11.3. The zero-order valence-electron chi connectivity index (χ0n) is 19.2. The van der Waals surface area contributed by atoms with E-state index in [2.05, 4.69) is 10.2 Å². The second-order valence-electron chi connectivity index (χ2n) is 7.84. The van der Waals surface area contributed by atoms with Gasteiger partial charge in [0, 0.05) is 31.6 Å². The van der Waals surface area contributed by atoms with Crippen LogP contribution in [0, 0.1) is 0 Å². The number of aliphatic hydroxyl groups excluding tert-OH is 1. The Kier molecular flexibility index (Phi) is 10.6. The third kappa shape index (κ3) is 9.80. The fraction of sp³-hybridized carbons (Fsp3) is 0.391. The lowest BCUT2D eigenvalue weighted by molar-refractivity contribution is -0.192. The van der Waals surface area contributed by atoms with E-state index in [9.17, 15) is 28.2 Å². The number of β-amino-alcohol motifs (C(OH)–C–C–N with tert-alkyl or cyclic N) is 1. The van der Waals surface area contributed by atoms with Crippen LogP contribution in [0.2, 0.25) is 5.02 Å². The summed E-state index contributed by atoms with van der Waals surface area (Å²) in [5.74, 6) is -2.21. The van der Waals surface area contributed by atoms with Gasteiger partial charge in [-0.3, -0.25) is 9.69 Å². The van der Waals surface area contributed by atoms with Crippen molar-refractivity contribution in [3.05, 3.63) is 47.5 Å². The van der Waals surface area contributed by atoms with E-state index in [1.54, 1.807) is 24.3 Å². The third-order valence-corrected chi connectivity index (χ3v) is 5.03. The average molecular weight is 535 g/mol. The van der Waals surface area contributed by atoms with Crippen molar-refractivity contribution in [3.8, 4) is 17.2 Å². The van der Waals surface area contributed by atoms with Crippen LogP contribution in [0.3, 0.4) is 0 Å². The van der Waals surface area contributed by atoms with Crippen LogP contribution in [0.4, 0.5) is 18.9 Å². The summed E-state index contributed by atoms with van der Waals surface area (Å²) in [6.45, 7) is 3.29. The summed E-state index contributed by atoms with van der Waals surface area (Å²) >= 11 is 5.89. The van der Waals surface area contributed by atoms with Gasteiger partial charge in [0.25, 0.3) is 0 Å². The molecule has 13 heteroatoms. The lowest BCUT2D eigenvalue weighted by Gasteiger charge is -2.21. The van der Waals surface area contributed by atoms with Crippen LogP contribution in [0.1, 0.15) is 13.3 Å². The number of carboxylic acid groups (broad SMARTS) is 1. The quantitative estimate of drug-likeness (QED) is 0.405. The number of hydrogen-bond donors (Lipinski definition) is 4. The van der Waals surface area contributed by atoms with Gasteiger partial charge < -0.3 is 30.1 Å². The Morgan fingerprint density at radius 3 is 2.44 bits per heavy atom. The van der Waals surface area contributed by atoms with Crippen LogP contribution < -0.4 is 14.8 Å². The van der Waals surface area contributed by atoms with Gasteiger partial charge in [0.15, 0.2) is 11.5 Å². The molecule has 1 aliphatic rings. The van der Waals surface area contributed by atoms with E-state index >= 15 is 0 Å². The van der Waals surface area contributed by atoms with E-state index in [0.717, 1.165) is 18.7 Å². The number of carbonyl (C=O) groups is 2. The molecule has 1 saturated heterocycles. The smallest absolute Gasteiger partial charge is 0.490 e. The maximum Gasteiger partial charge on any atom is 0.490 e. The molecule has 0 radical (unpaired) electrons. The largest absolute Gasteiger partial charge is 0.504 e. The third-order valence-electron chi connectivity index (χ3n) is 4.78. The zero-order valence-corrected chi connectivity index (χ0v) is 19.9. The lowest BCUT2D eigenvalue weighted by Crippen LogP contribution is -2.35. The highest BCUT2D eigenvalue weighted by Gasteiger charge is 2.38. The predicted molar refractivity (Wildman–Crippen MR) is 125 cm³/mol. The van der Waals surface area contributed by atoms with E-state index in [1.165, 1.54) is 13.0 Å². The number of para-hydroxylation sites is 1. The fourth-order valence-electron chi connectivity index (χ4n) is 3.26. The van der Waals surface area contributed by atoms with Crippen molar-refractivity contribution in [2.45, 2.75) is 31.7 Å². The van der Waals surface area contributed by atoms with Crippen LogP contribution in [0.25, 0.3) is 0 Å². The molecule has 198 valence electrons. The van der Waals surface area contributed by atoms with Crippen molar-refractivity contribution >= 4 is 29.2 Å². The number of phenolic OH excluding ortho intramolecular Hbond substituents is 1. The molecule has 1 heterocycles. The number of benzene rings is 2. The summed E-state index contributed by atoms with van der Waals surface area (Å²) in [5, 5.41) is 30.7. The number of aliphatic hydroxyl groups is 1. The van der Waals surface area contributed by atoms with Gasteiger partial charge in [0.05, 0.1) is 5.69 Å². The fourth-order valence-corrected chi connectivity index (χ4v) is 3.39. The number of phenols is 1. The molecule has 0 aliphatic carbocycles. The Labute approximate surface area is 210 Å². The number of hydrogen-bond acceptors (Lipinski definition) is 7. The van der Waals surface area contributed by atoms with Crippen LogP contribution in [0.5, 0.6) is 17.2 Å². The number of nitrogens with zero attached hydrogens (tertiary/aromatic N) is 1. The van der Waals surface area contributed by atoms with Crippen LogP contribution in [-0.2, 0) is 9.59 Å². The Morgan fingerprint density at radius 2 is 1.86 bits per heavy atom. The van der Waals surface area contributed by atoms with Crippen LogP contribution in [0.15, 0.2) is 42.5 Å². The van der Waals surface area contributed by atoms with E-state index in [1.807, 2.05) is 12.1 Å². The first-order valence-corrected chi connectivity index (χ1v) is 11.1. The van der Waals surface area contributed by atoms with Gasteiger partial charge in [-0.25, -0.2) is 4.79 Å². The monoisotopic (exact) mass is 534 g/mol. The number of carboxylic acids is 1. The number of rotatable bonds is 8. The average Bonchev–Trinajstić information content (AvgIpc) is 3.21. The molecule has 0 saturated carbocycles. The first-order chi connectivity index (χ1) is 16.8. The Balaban J connectivity index is 0.000000572. The highest BCUT2D eigenvalue weighted by Crippen LogP contribution is 2.34. The summed E-state index contributed by atoms with van der Waals surface area (Å²) in [4.78, 5) is 22.3. The summed E-state index contributed by atoms with van der Waals surface area (Å²) < 4.78 is 43.3. The van der Waals surface area contributed by atoms with Crippen molar-refractivity contribution < 1.29 is 47.6 Å². The molecular formula is C23H26ClF3N2O7. The second kappa shape index (κ2) is 13.2. The highest BCUT2D eigenvalue weighted by molar-refractivity contribution is 6.30. The van der Waals surface area contributed by atoms with Gasteiger partial charge >= 0.3 is 12.1 Å². The summed E-state index contributed by atoms with van der Waals surface area (Å²) in [6.07, 6.45) is -4.93. The van der Waals surface area contributed by atoms with Gasteiger partial charge in [-0.1, -0.05) is 17.7 Å². The number of aliphatic carboxylic acids is 1. The number of anilines is 1. The summed E-state index contributed by atoms with van der Waals surface area (Å²) in [6, 6.07) is 12.0. The molecule has 0 bridgehead atoms. The van der Waals surface area contributed by atoms with E-state index in [4.69, 9.17) is 31.0 Å². The van der Waals surface area contributed by atoms with Crippen molar-refractivity contribution in [2.75, 3.05) is 31.6 Å². The van der Waals surface area contributed by atoms with Gasteiger partial charge in [0.2, 0.25) is 5.91 Å². The number of halogens is 4. The molecule has 2 unspecified atom stereocenters. The number of carbonyl (C=O) groups excluding carboxylic acids is 1. The van der Waals surface area contributed by atoms with Gasteiger partial charge in [-0.15, -0.1) is 0 Å². The predicted octanol–water partition coefficient (Wildman–Crippen LogP) is 3.53. The molecular weight excluding hydrogens is 509 g/mol. The second-order valence-corrected chi connectivity index (χ2v) is 8.28. The summed E-state index contributed by atoms with van der Waals surface area (Å²) in [5.41, 5.74) is 0.363. The van der Waals surface area contributed by atoms with Crippen LogP contribution >= 0.6 is 11.6 Å². The minimum atomic E-state index is -5.08. The summed E-state index contributed by atoms with van der Waals surface area (Å²) in [7, 11) is 0. The highest BCUT2D eigenvalue weighted by atomic mass is 35.5. The van der Waals surface area contributed by atoms with E-state index in [-0.39, 0.29) is 30.1 Å². The normalized spacial score (nSPS) is 16.4. The molecule has 2 atom stereocenters. The lowest BCUT2D eigenvalue weighted by atomic mass is 10.2. The minimum absolute atomic E-state index is 0.0105. The number of ether oxygens (including phenoxy) is 2. The molecule has 0 aromatic heterocycles. The van der Waals surface area contributed by atoms with Crippen molar-refractivity contribution in [3.63, 3.8) is 0 Å².